The molecule has 1 aliphatic carbocycles. The van der Waals surface area contributed by atoms with E-state index < -0.39 is 0 Å². The van der Waals surface area contributed by atoms with E-state index in [0.717, 1.165) is 41.8 Å². The van der Waals surface area contributed by atoms with Crippen LogP contribution in [0.2, 0.25) is 0 Å². The van der Waals surface area contributed by atoms with Crippen LogP contribution in [0.3, 0.4) is 0 Å². The number of aromatic nitrogens is 2. The average Bonchev–Trinajstić information content (AvgIpc) is 3.36. The van der Waals surface area contributed by atoms with E-state index in [1.165, 1.54) is 0 Å². The highest BCUT2D eigenvalue weighted by Gasteiger charge is 2.27. The summed E-state index contributed by atoms with van der Waals surface area (Å²) in [7, 11) is 1.55. The molecule has 2 amide bonds. The van der Waals surface area contributed by atoms with Crippen molar-refractivity contribution >= 4 is 17.5 Å². The maximum absolute atomic E-state index is 12.8. The molecule has 0 saturated heterocycles. The summed E-state index contributed by atoms with van der Waals surface area (Å²) in [6.07, 6.45) is 2.70. The van der Waals surface area contributed by atoms with Crippen molar-refractivity contribution in [2.24, 2.45) is 0 Å². The van der Waals surface area contributed by atoms with Crippen molar-refractivity contribution in [2.45, 2.75) is 26.2 Å². The Morgan fingerprint density at radius 1 is 1.13 bits per heavy atom. The zero-order valence-corrected chi connectivity index (χ0v) is 17.1. The molecular formula is C23H24N4O3. The Labute approximate surface area is 175 Å². The van der Waals surface area contributed by atoms with Crippen LogP contribution in [0.15, 0.2) is 48.5 Å². The highest BCUT2D eigenvalue weighted by molar-refractivity contribution is 5.99. The molecule has 0 unspecified atom stereocenters. The zero-order chi connectivity index (χ0) is 21.1. The summed E-state index contributed by atoms with van der Waals surface area (Å²) in [5.74, 6) is -0.0970. The molecule has 4 rings (SSSR count). The van der Waals surface area contributed by atoms with Crippen molar-refractivity contribution in [1.29, 1.82) is 0 Å². The SMILES string of the molecule is COc1ccc(C)cc1NC(=O)CNC(=O)c1nn(-c2ccccc2)c2c1CCC2. The van der Waals surface area contributed by atoms with Gasteiger partial charge in [-0.15, -0.1) is 0 Å². The Balaban J connectivity index is 1.46. The first kappa shape index (κ1) is 19.7. The number of para-hydroxylation sites is 1. The molecule has 7 nitrogen and oxygen atoms in total. The van der Waals surface area contributed by atoms with Crippen molar-refractivity contribution in [3.05, 3.63) is 71.0 Å². The lowest BCUT2D eigenvalue weighted by atomic mass is 10.2. The van der Waals surface area contributed by atoms with E-state index in [-0.39, 0.29) is 18.4 Å². The molecule has 2 aromatic carbocycles. The van der Waals surface area contributed by atoms with Gasteiger partial charge in [-0.05, 0) is 56.0 Å². The second-order valence-corrected chi connectivity index (χ2v) is 7.31. The van der Waals surface area contributed by atoms with Crippen LogP contribution in [0.1, 0.15) is 33.7 Å². The lowest BCUT2D eigenvalue weighted by molar-refractivity contribution is -0.115. The van der Waals surface area contributed by atoms with Gasteiger partial charge in [0.15, 0.2) is 5.69 Å². The van der Waals surface area contributed by atoms with Gasteiger partial charge in [0, 0.05) is 11.3 Å². The molecule has 0 spiro atoms. The first-order chi connectivity index (χ1) is 14.6. The predicted molar refractivity (Wildman–Crippen MR) is 114 cm³/mol. The second kappa shape index (κ2) is 8.41. The summed E-state index contributed by atoms with van der Waals surface area (Å²) in [6, 6.07) is 15.3. The number of anilines is 1. The van der Waals surface area contributed by atoms with E-state index in [4.69, 9.17) is 4.74 Å². The molecular weight excluding hydrogens is 380 g/mol. The molecule has 154 valence electrons. The van der Waals surface area contributed by atoms with Gasteiger partial charge in [-0.25, -0.2) is 4.68 Å². The molecule has 1 heterocycles. The number of nitrogens with one attached hydrogen (secondary N) is 2. The summed E-state index contributed by atoms with van der Waals surface area (Å²) in [5, 5.41) is 10.0. The first-order valence-corrected chi connectivity index (χ1v) is 9.95. The Morgan fingerprint density at radius 2 is 1.93 bits per heavy atom. The van der Waals surface area contributed by atoms with Gasteiger partial charge in [-0.1, -0.05) is 24.3 Å². The smallest absolute Gasteiger partial charge is 0.272 e. The number of hydrogen-bond acceptors (Lipinski definition) is 4. The number of methoxy groups -OCH3 is 1. The van der Waals surface area contributed by atoms with E-state index in [1.807, 2.05) is 54.1 Å². The van der Waals surface area contributed by atoms with Crippen LogP contribution in [0, 0.1) is 6.92 Å². The van der Waals surface area contributed by atoms with E-state index in [0.29, 0.717) is 17.1 Å². The van der Waals surface area contributed by atoms with Crippen LogP contribution < -0.4 is 15.4 Å². The molecule has 0 saturated carbocycles. The summed E-state index contributed by atoms with van der Waals surface area (Å²) in [6.45, 7) is 1.78. The minimum absolute atomic E-state index is 0.150. The Bertz CT molecular complexity index is 1090. The number of rotatable bonds is 6. The van der Waals surface area contributed by atoms with Gasteiger partial charge in [0.2, 0.25) is 5.91 Å². The third-order valence-electron chi connectivity index (χ3n) is 5.18. The lowest BCUT2D eigenvalue weighted by Crippen LogP contribution is -2.33. The van der Waals surface area contributed by atoms with Gasteiger partial charge in [-0.3, -0.25) is 9.59 Å². The molecule has 30 heavy (non-hydrogen) atoms. The van der Waals surface area contributed by atoms with E-state index in [9.17, 15) is 9.59 Å². The number of carbonyl (C=O) groups is 2. The van der Waals surface area contributed by atoms with E-state index in [2.05, 4.69) is 15.7 Å². The summed E-state index contributed by atoms with van der Waals surface area (Å²) in [4.78, 5) is 25.2. The van der Waals surface area contributed by atoms with Crippen LogP contribution in [-0.4, -0.2) is 35.2 Å². The Morgan fingerprint density at radius 3 is 2.70 bits per heavy atom. The van der Waals surface area contributed by atoms with Gasteiger partial charge >= 0.3 is 0 Å². The molecule has 0 aliphatic heterocycles. The molecule has 2 N–H and O–H groups in total. The van der Waals surface area contributed by atoms with E-state index in [1.54, 1.807) is 13.2 Å². The number of benzene rings is 2. The van der Waals surface area contributed by atoms with Crippen molar-refractivity contribution in [3.8, 4) is 11.4 Å². The fraction of sp³-hybridized carbons (Fsp3) is 0.261. The number of ether oxygens (including phenoxy) is 1. The normalized spacial score (nSPS) is 12.3. The van der Waals surface area contributed by atoms with Crippen LogP contribution >= 0.6 is 0 Å². The third kappa shape index (κ3) is 3.91. The number of nitrogens with zero attached hydrogens (tertiary/aromatic N) is 2. The molecule has 3 aromatic rings. The van der Waals surface area contributed by atoms with Gasteiger partial charge in [0.25, 0.3) is 5.91 Å². The largest absolute Gasteiger partial charge is 0.495 e. The summed E-state index contributed by atoms with van der Waals surface area (Å²) < 4.78 is 7.12. The minimum atomic E-state index is -0.339. The summed E-state index contributed by atoms with van der Waals surface area (Å²) in [5.41, 5.74) is 4.94. The monoisotopic (exact) mass is 404 g/mol. The van der Waals surface area contributed by atoms with E-state index >= 15 is 0 Å². The Hall–Kier alpha value is -3.61. The summed E-state index contributed by atoms with van der Waals surface area (Å²) >= 11 is 0. The quantitative estimate of drug-likeness (QED) is 0.661. The first-order valence-electron chi connectivity index (χ1n) is 9.95. The Kier molecular flexibility index (Phi) is 5.52. The highest BCUT2D eigenvalue weighted by atomic mass is 16.5. The number of aryl methyl sites for hydroxylation is 1. The van der Waals surface area contributed by atoms with Gasteiger partial charge in [0.1, 0.15) is 5.75 Å². The zero-order valence-electron chi connectivity index (χ0n) is 17.1. The molecule has 0 fully saturated rings. The fourth-order valence-corrected chi connectivity index (χ4v) is 3.76. The van der Waals surface area contributed by atoms with Crippen molar-refractivity contribution in [2.75, 3.05) is 19.0 Å². The molecule has 0 bridgehead atoms. The number of carbonyl (C=O) groups excluding carboxylic acids is 2. The standard InChI is InChI=1S/C23H24N4O3/c1-15-11-12-20(30-2)18(13-15)25-21(28)14-24-23(29)22-17-9-6-10-19(17)27(26-22)16-7-4-3-5-8-16/h3-5,7-8,11-13H,6,9-10,14H2,1-2H3,(H,24,29)(H,25,28). The topological polar surface area (TPSA) is 85.2 Å². The van der Waals surface area contributed by atoms with Crippen molar-refractivity contribution in [3.63, 3.8) is 0 Å². The van der Waals surface area contributed by atoms with Crippen molar-refractivity contribution < 1.29 is 14.3 Å². The lowest BCUT2D eigenvalue weighted by Gasteiger charge is -2.11. The highest BCUT2D eigenvalue weighted by Crippen LogP contribution is 2.28. The van der Waals surface area contributed by atoms with Gasteiger partial charge < -0.3 is 15.4 Å². The fourth-order valence-electron chi connectivity index (χ4n) is 3.76. The second-order valence-electron chi connectivity index (χ2n) is 7.31. The number of fused-ring (bicyclic) bond motifs is 1. The van der Waals surface area contributed by atoms with Crippen LogP contribution in [0.25, 0.3) is 5.69 Å². The average molecular weight is 404 g/mol. The molecule has 1 aliphatic rings. The maximum Gasteiger partial charge on any atom is 0.272 e. The van der Waals surface area contributed by atoms with Gasteiger partial charge in [0.05, 0.1) is 25.0 Å². The third-order valence-corrected chi connectivity index (χ3v) is 5.18. The number of amides is 2. The molecule has 0 atom stereocenters. The van der Waals surface area contributed by atoms with Crippen LogP contribution in [-0.2, 0) is 17.6 Å². The predicted octanol–water partition coefficient (Wildman–Crippen LogP) is 3.05. The van der Waals surface area contributed by atoms with Crippen LogP contribution in [0.5, 0.6) is 5.75 Å². The molecule has 1 aromatic heterocycles. The van der Waals surface area contributed by atoms with Crippen molar-refractivity contribution in [1.82, 2.24) is 15.1 Å². The molecule has 7 heteroatoms. The van der Waals surface area contributed by atoms with Crippen LogP contribution in [0.4, 0.5) is 5.69 Å². The maximum atomic E-state index is 12.8. The minimum Gasteiger partial charge on any atom is -0.495 e. The number of hydrogen-bond donors (Lipinski definition) is 2. The van der Waals surface area contributed by atoms with Gasteiger partial charge in [-0.2, -0.15) is 5.10 Å². The molecule has 0 radical (unpaired) electrons.